The molecule has 2 aromatic carbocycles. The van der Waals surface area contributed by atoms with Crippen LogP contribution in [0, 0.1) is 0 Å². The summed E-state index contributed by atoms with van der Waals surface area (Å²) < 4.78 is 55.3. The van der Waals surface area contributed by atoms with E-state index in [1.807, 2.05) is 42.5 Å². The van der Waals surface area contributed by atoms with Crippen LogP contribution in [0.3, 0.4) is 0 Å². The number of sulfonamides is 1. The van der Waals surface area contributed by atoms with Crippen LogP contribution in [0.15, 0.2) is 60.0 Å². The van der Waals surface area contributed by atoms with Gasteiger partial charge < -0.3 is 0 Å². The molecule has 9 heteroatoms. The molecule has 0 aliphatic carbocycles. The summed E-state index contributed by atoms with van der Waals surface area (Å²) in [5, 5.41) is 1.22. The fourth-order valence-electron chi connectivity index (χ4n) is 3.83. The van der Waals surface area contributed by atoms with E-state index < -0.39 is 20.2 Å². The third-order valence-corrected chi connectivity index (χ3v) is 8.85. The van der Waals surface area contributed by atoms with Gasteiger partial charge in [0.25, 0.3) is 0 Å². The minimum absolute atomic E-state index is 0.268. The quantitative estimate of drug-likeness (QED) is 0.743. The minimum atomic E-state index is -3.64. The molecular formula is C20H23N3O4S2. The second-order valence-corrected chi connectivity index (χ2v) is 10.8. The maximum atomic E-state index is 12.9. The van der Waals surface area contributed by atoms with Gasteiger partial charge in [0.05, 0.1) is 11.4 Å². The molecule has 1 saturated heterocycles. The highest BCUT2D eigenvalue weighted by Crippen LogP contribution is 2.42. The van der Waals surface area contributed by atoms with Gasteiger partial charge in [-0.1, -0.05) is 42.5 Å². The van der Waals surface area contributed by atoms with Crippen molar-refractivity contribution in [2.24, 2.45) is 0 Å². The van der Waals surface area contributed by atoms with Crippen LogP contribution in [0.5, 0.6) is 0 Å². The van der Waals surface area contributed by atoms with Crippen LogP contribution in [0.4, 0.5) is 11.4 Å². The average molecular weight is 434 g/mol. The Bertz CT molecular complexity index is 1120. The van der Waals surface area contributed by atoms with E-state index in [0.29, 0.717) is 24.2 Å². The Kier molecular flexibility index (Phi) is 5.14. The number of benzene rings is 2. The largest absolute Gasteiger partial charge is 0.326 e. The predicted molar refractivity (Wildman–Crippen MR) is 115 cm³/mol. The Balaban J connectivity index is 1.49. The SMILES string of the molecule is CN1c2ccccc2N(C2CCN(S(=O)(=O)/C=C/c3ccccc3)CC2)S1(=O)=O. The third-order valence-electron chi connectivity index (χ3n) is 5.40. The standard InChI is InChI=1S/C20H23N3O4S2/c1-21-19-9-5-6-10-20(19)23(29(21,26)27)18-11-14-22(15-12-18)28(24,25)16-13-17-7-3-2-4-8-17/h2-10,13,16,18H,11-12,14-15H2,1H3/b16-13+. The molecule has 0 spiro atoms. The van der Waals surface area contributed by atoms with E-state index in [9.17, 15) is 16.8 Å². The molecule has 0 radical (unpaired) electrons. The molecule has 0 aromatic heterocycles. The summed E-state index contributed by atoms with van der Waals surface area (Å²) in [6.45, 7) is 0.564. The van der Waals surface area contributed by atoms with Gasteiger partial charge in [-0.15, -0.1) is 0 Å². The van der Waals surface area contributed by atoms with Crippen molar-refractivity contribution in [1.82, 2.24) is 4.31 Å². The van der Waals surface area contributed by atoms with Crippen LogP contribution in [0.1, 0.15) is 18.4 Å². The first kappa shape index (κ1) is 19.9. The molecule has 1 fully saturated rings. The average Bonchev–Trinajstić information content (AvgIpc) is 2.93. The first-order chi connectivity index (χ1) is 13.8. The lowest BCUT2D eigenvalue weighted by molar-refractivity contribution is 0.324. The zero-order valence-electron chi connectivity index (χ0n) is 16.0. The highest BCUT2D eigenvalue weighted by atomic mass is 32.2. The second-order valence-electron chi connectivity index (χ2n) is 7.15. The van der Waals surface area contributed by atoms with Crippen LogP contribution < -0.4 is 8.61 Å². The number of hydrogen-bond acceptors (Lipinski definition) is 4. The fraction of sp³-hybridized carbons (Fsp3) is 0.300. The van der Waals surface area contributed by atoms with Gasteiger partial charge in [0.1, 0.15) is 0 Å². The third kappa shape index (κ3) is 3.65. The summed E-state index contributed by atoms with van der Waals surface area (Å²) >= 11 is 0. The van der Waals surface area contributed by atoms with Crippen molar-refractivity contribution in [3.05, 3.63) is 65.6 Å². The number of nitrogens with zero attached hydrogens (tertiary/aromatic N) is 3. The van der Waals surface area contributed by atoms with E-state index >= 15 is 0 Å². The van der Waals surface area contributed by atoms with Crippen LogP contribution in [0.2, 0.25) is 0 Å². The number of anilines is 2. The molecule has 2 aliphatic heterocycles. The van der Waals surface area contributed by atoms with Crippen molar-refractivity contribution in [1.29, 1.82) is 0 Å². The Labute approximate surface area is 172 Å². The molecule has 0 N–H and O–H groups in total. The van der Waals surface area contributed by atoms with Crippen molar-refractivity contribution in [2.75, 3.05) is 28.7 Å². The van der Waals surface area contributed by atoms with Crippen LogP contribution in [-0.2, 0) is 20.2 Å². The van der Waals surface area contributed by atoms with Gasteiger partial charge in [-0.2, -0.15) is 12.7 Å². The first-order valence-corrected chi connectivity index (χ1v) is 12.3. The van der Waals surface area contributed by atoms with E-state index in [1.54, 1.807) is 25.3 Å². The van der Waals surface area contributed by atoms with Gasteiger partial charge in [0.15, 0.2) is 0 Å². The van der Waals surface area contributed by atoms with Crippen molar-refractivity contribution >= 4 is 37.7 Å². The molecule has 29 heavy (non-hydrogen) atoms. The lowest BCUT2D eigenvalue weighted by Crippen LogP contribution is -2.49. The summed E-state index contributed by atoms with van der Waals surface area (Å²) in [7, 11) is -5.65. The van der Waals surface area contributed by atoms with E-state index in [4.69, 9.17) is 0 Å². The van der Waals surface area contributed by atoms with Gasteiger partial charge >= 0.3 is 10.2 Å². The Morgan fingerprint density at radius 2 is 1.52 bits per heavy atom. The van der Waals surface area contributed by atoms with E-state index in [1.165, 1.54) is 18.3 Å². The summed E-state index contributed by atoms with van der Waals surface area (Å²) in [6.07, 6.45) is 2.47. The molecule has 2 aromatic rings. The fourth-order valence-corrected chi connectivity index (χ4v) is 6.71. The normalized spacial score (nSPS) is 20.3. The summed E-state index contributed by atoms with van der Waals surface area (Å²) in [4.78, 5) is 0. The van der Waals surface area contributed by atoms with Gasteiger partial charge in [-0.05, 0) is 36.6 Å². The van der Waals surface area contributed by atoms with Gasteiger partial charge in [0, 0.05) is 31.6 Å². The Morgan fingerprint density at radius 1 is 0.931 bits per heavy atom. The Hall–Kier alpha value is -2.36. The van der Waals surface area contributed by atoms with Crippen molar-refractivity contribution in [2.45, 2.75) is 18.9 Å². The van der Waals surface area contributed by atoms with E-state index in [-0.39, 0.29) is 19.1 Å². The molecule has 7 nitrogen and oxygen atoms in total. The number of fused-ring (bicyclic) bond motifs is 1. The van der Waals surface area contributed by atoms with Crippen LogP contribution >= 0.6 is 0 Å². The lowest BCUT2D eigenvalue weighted by Gasteiger charge is -2.35. The zero-order valence-corrected chi connectivity index (χ0v) is 17.7. The highest BCUT2D eigenvalue weighted by Gasteiger charge is 2.43. The highest BCUT2D eigenvalue weighted by molar-refractivity contribution is 7.94. The van der Waals surface area contributed by atoms with E-state index in [0.717, 1.165) is 5.56 Å². The van der Waals surface area contributed by atoms with Crippen molar-refractivity contribution < 1.29 is 16.8 Å². The number of piperidine rings is 1. The minimum Gasteiger partial charge on any atom is -0.254 e. The predicted octanol–water partition coefficient (Wildman–Crippen LogP) is 2.65. The van der Waals surface area contributed by atoms with Crippen LogP contribution in [0.25, 0.3) is 6.08 Å². The van der Waals surface area contributed by atoms with Crippen LogP contribution in [-0.4, -0.2) is 47.3 Å². The molecule has 4 rings (SSSR count). The zero-order chi connectivity index (χ0) is 20.6. The molecule has 2 aliphatic rings. The Morgan fingerprint density at radius 3 is 2.17 bits per heavy atom. The maximum Gasteiger partial charge on any atom is 0.326 e. The topological polar surface area (TPSA) is 78.0 Å². The summed E-state index contributed by atoms with van der Waals surface area (Å²) in [6, 6.07) is 16.2. The molecule has 0 unspecified atom stereocenters. The monoisotopic (exact) mass is 433 g/mol. The number of hydrogen-bond donors (Lipinski definition) is 0. The van der Waals surface area contributed by atoms with Crippen molar-refractivity contribution in [3.8, 4) is 0 Å². The van der Waals surface area contributed by atoms with E-state index in [2.05, 4.69) is 0 Å². The molecule has 2 heterocycles. The summed E-state index contributed by atoms with van der Waals surface area (Å²) in [5.41, 5.74) is 2.11. The van der Waals surface area contributed by atoms with Crippen molar-refractivity contribution in [3.63, 3.8) is 0 Å². The molecule has 0 atom stereocenters. The second kappa shape index (κ2) is 7.47. The molecule has 0 saturated carbocycles. The smallest absolute Gasteiger partial charge is 0.254 e. The maximum absolute atomic E-state index is 12.9. The molecule has 0 bridgehead atoms. The molecular weight excluding hydrogens is 410 g/mol. The number of para-hydroxylation sites is 2. The molecule has 154 valence electrons. The summed E-state index contributed by atoms with van der Waals surface area (Å²) in [5.74, 6) is 0. The van der Waals surface area contributed by atoms with Gasteiger partial charge in [-0.3, -0.25) is 4.31 Å². The first-order valence-electron chi connectivity index (χ1n) is 9.41. The van der Waals surface area contributed by atoms with Gasteiger partial charge in [0.2, 0.25) is 10.0 Å². The lowest BCUT2D eigenvalue weighted by atomic mass is 10.1. The number of rotatable bonds is 4. The van der Waals surface area contributed by atoms with Gasteiger partial charge in [-0.25, -0.2) is 12.7 Å². The molecule has 0 amide bonds.